The predicted molar refractivity (Wildman–Crippen MR) is 121 cm³/mol. The molecule has 32 heavy (non-hydrogen) atoms. The standard InChI is InChI=1S/C25H22ClNO5/c1-29-20-13-18(19(26)14-21(20)30-2)23-22(25(28)31-15-16-9-5-3-6-10-16)27-24(32-23)17-11-7-4-8-12-17/h3-14,22-23H,15H2,1-2H3. The molecule has 164 valence electrons. The van der Waals surface area contributed by atoms with E-state index in [9.17, 15) is 4.79 Å². The Labute approximate surface area is 191 Å². The van der Waals surface area contributed by atoms with Gasteiger partial charge in [0.05, 0.1) is 19.2 Å². The predicted octanol–water partition coefficient (Wildman–Crippen LogP) is 4.99. The van der Waals surface area contributed by atoms with Crippen LogP contribution in [0.1, 0.15) is 22.8 Å². The average molecular weight is 452 g/mol. The molecule has 0 saturated heterocycles. The van der Waals surface area contributed by atoms with Gasteiger partial charge in [0.15, 0.2) is 23.6 Å². The first-order valence-corrected chi connectivity index (χ1v) is 10.4. The highest BCUT2D eigenvalue weighted by Gasteiger charge is 2.40. The zero-order valence-electron chi connectivity index (χ0n) is 17.7. The smallest absolute Gasteiger partial charge is 0.335 e. The fourth-order valence-electron chi connectivity index (χ4n) is 3.44. The van der Waals surface area contributed by atoms with Gasteiger partial charge >= 0.3 is 5.97 Å². The number of esters is 1. The van der Waals surface area contributed by atoms with E-state index < -0.39 is 18.1 Å². The van der Waals surface area contributed by atoms with E-state index >= 15 is 0 Å². The third-order valence-corrected chi connectivity index (χ3v) is 5.40. The molecule has 0 amide bonds. The summed E-state index contributed by atoms with van der Waals surface area (Å²) in [5.41, 5.74) is 2.20. The quantitative estimate of drug-likeness (QED) is 0.473. The molecule has 3 aromatic carbocycles. The van der Waals surface area contributed by atoms with Crippen molar-refractivity contribution in [2.45, 2.75) is 18.8 Å². The van der Waals surface area contributed by atoms with Crippen molar-refractivity contribution in [3.8, 4) is 11.5 Å². The summed E-state index contributed by atoms with van der Waals surface area (Å²) in [5.74, 6) is 0.797. The molecular weight excluding hydrogens is 430 g/mol. The van der Waals surface area contributed by atoms with Crippen molar-refractivity contribution in [1.29, 1.82) is 0 Å². The van der Waals surface area contributed by atoms with Gasteiger partial charge in [-0.2, -0.15) is 0 Å². The molecule has 4 rings (SSSR count). The Balaban J connectivity index is 1.66. The molecule has 0 radical (unpaired) electrons. The number of halogens is 1. The van der Waals surface area contributed by atoms with E-state index in [4.69, 9.17) is 30.5 Å². The van der Waals surface area contributed by atoms with Crippen LogP contribution < -0.4 is 9.47 Å². The molecule has 0 aromatic heterocycles. The highest BCUT2D eigenvalue weighted by molar-refractivity contribution is 6.31. The van der Waals surface area contributed by atoms with E-state index in [2.05, 4.69) is 4.99 Å². The second kappa shape index (κ2) is 9.75. The van der Waals surface area contributed by atoms with E-state index in [1.165, 1.54) is 14.2 Å². The zero-order chi connectivity index (χ0) is 22.5. The minimum absolute atomic E-state index is 0.138. The Morgan fingerprint density at radius 1 is 0.969 bits per heavy atom. The number of carbonyl (C=O) groups excluding carboxylic acids is 1. The largest absolute Gasteiger partial charge is 0.493 e. The van der Waals surface area contributed by atoms with Crippen molar-refractivity contribution >= 4 is 23.5 Å². The first-order valence-electron chi connectivity index (χ1n) is 10.0. The molecule has 0 aliphatic carbocycles. The molecule has 0 fully saturated rings. The fraction of sp³-hybridized carbons (Fsp3) is 0.200. The van der Waals surface area contributed by atoms with Crippen molar-refractivity contribution < 1.29 is 23.7 Å². The van der Waals surface area contributed by atoms with Crippen molar-refractivity contribution in [2.75, 3.05) is 14.2 Å². The lowest BCUT2D eigenvalue weighted by molar-refractivity contribution is -0.148. The van der Waals surface area contributed by atoms with E-state index in [0.29, 0.717) is 28.0 Å². The first kappa shape index (κ1) is 21.7. The van der Waals surface area contributed by atoms with Gasteiger partial charge in [-0.25, -0.2) is 9.79 Å². The highest BCUT2D eigenvalue weighted by Crippen LogP contribution is 2.41. The van der Waals surface area contributed by atoms with Gasteiger partial charge in [0.2, 0.25) is 5.90 Å². The number of aliphatic imine (C=N–C) groups is 1. The SMILES string of the molecule is COc1cc(Cl)c(C2OC(c3ccccc3)=NC2C(=O)OCc2ccccc2)cc1OC. The number of ether oxygens (including phenoxy) is 4. The number of carbonyl (C=O) groups is 1. The van der Waals surface area contributed by atoms with E-state index in [1.807, 2.05) is 60.7 Å². The van der Waals surface area contributed by atoms with Gasteiger partial charge < -0.3 is 18.9 Å². The highest BCUT2D eigenvalue weighted by atomic mass is 35.5. The van der Waals surface area contributed by atoms with Crippen LogP contribution in [-0.2, 0) is 20.9 Å². The summed E-state index contributed by atoms with van der Waals surface area (Å²) in [6, 6.07) is 21.2. The Hall–Kier alpha value is -3.51. The monoisotopic (exact) mass is 451 g/mol. The van der Waals surface area contributed by atoms with Gasteiger partial charge in [0, 0.05) is 17.2 Å². The van der Waals surface area contributed by atoms with Crippen molar-refractivity contribution in [3.63, 3.8) is 0 Å². The lowest BCUT2D eigenvalue weighted by atomic mass is 10.0. The van der Waals surface area contributed by atoms with Crippen LogP contribution in [0.4, 0.5) is 0 Å². The summed E-state index contributed by atoms with van der Waals surface area (Å²) in [4.78, 5) is 17.6. The summed E-state index contributed by atoms with van der Waals surface area (Å²) in [7, 11) is 3.06. The maximum atomic E-state index is 13.1. The molecule has 7 heteroatoms. The van der Waals surface area contributed by atoms with Gasteiger partial charge in [-0.1, -0.05) is 60.1 Å². The van der Waals surface area contributed by atoms with Gasteiger partial charge in [-0.05, 0) is 23.8 Å². The molecule has 3 aromatic rings. The minimum atomic E-state index is -0.926. The van der Waals surface area contributed by atoms with Crippen LogP contribution in [0.15, 0.2) is 77.8 Å². The number of hydrogen-bond donors (Lipinski definition) is 0. The van der Waals surface area contributed by atoms with Gasteiger partial charge in [-0.3, -0.25) is 0 Å². The molecular formula is C25H22ClNO5. The summed E-state index contributed by atoms with van der Waals surface area (Å²) in [5, 5.41) is 0.373. The Morgan fingerprint density at radius 2 is 1.59 bits per heavy atom. The van der Waals surface area contributed by atoms with Crippen LogP contribution in [0.25, 0.3) is 0 Å². The molecule has 1 heterocycles. The summed E-state index contributed by atoms with van der Waals surface area (Å²) in [6.07, 6.45) is -0.777. The Morgan fingerprint density at radius 3 is 2.25 bits per heavy atom. The summed E-state index contributed by atoms with van der Waals surface area (Å²) in [6.45, 7) is 0.138. The van der Waals surface area contributed by atoms with Gasteiger partial charge in [0.25, 0.3) is 0 Å². The maximum Gasteiger partial charge on any atom is 0.335 e. The lowest BCUT2D eigenvalue weighted by Gasteiger charge is -2.20. The van der Waals surface area contributed by atoms with E-state index in [1.54, 1.807) is 12.1 Å². The summed E-state index contributed by atoms with van der Waals surface area (Å²) >= 11 is 6.54. The molecule has 2 unspecified atom stereocenters. The second-order valence-electron chi connectivity index (χ2n) is 7.11. The number of hydrogen-bond acceptors (Lipinski definition) is 6. The van der Waals surface area contributed by atoms with Crippen molar-refractivity contribution in [2.24, 2.45) is 4.99 Å². The lowest BCUT2D eigenvalue weighted by Crippen LogP contribution is -2.26. The average Bonchev–Trinajstić information content (AvgIpc) is 3.29. The van der Waals surface area contributed by atoms with Crippen LogP contribution in [0.2, 0.25) is 5.02 Å². The van der Waals surface area contributed by atoms with E-state index in [0.717, 1.165) is 11.1 Å². The van der Waals surface area contributed by atoms with Crippen molar-refractivity contribution in [3.05, 3.63) is 94.5 Å². The van der Waals surface area contributed by atoms with E-state index in [-0.39, 0.29) is 6.61 Å². The van der Waals surface area contributed by atoms with Crippen LogP contribution in [-0.4, -0.2) is 32.1 Å². The van der Waals surface area contributed by atoms with Crippen LogP contribution in [0.3, 0.4) is 0 Å². The number of methoxy groups -OCH3 is 2. The summed E-state index contributed by atoms with van der Waals surface area (Å²) < 4.78 is 22.4. The molecule has 0 saturated carbocycles. The van der Waals surface area contributed by atoms with Gasteiger partial charge in [0.1, 0.15) is 6.61 Å². The van der Waals surface area contributed by atoms with Crippen LogP contribution in [0, 0.1) is 0 Å². The minimum Gasteiger partial charge on any atom is -0.493 e. The molecule has 6 nitrogen and oxygen atoms in total. The van der Waals surface area contributed by atoms with Crippen molar-refractivity contribution in [1.82, 2.24) is 0 Å². The third kappa shape index (κ3) is 4.55. The van der Waals surface area contributed by atoms with Gasteiger partial charge in [-0.15, -0.1) is 0 Å². The molecule has 0 spiro atoms. The third-order valence-electron chi connectivity index (χ3n) is 5.08. The van der Waals surface area contributed by atoms with Crippen LogP contribution >= 0.6 is 11.6 Å². The molecule has 2 atom stereocenters. The number of nitrogens with zero attached hydrogens (tertiary/aromatic N) is 1. The topological polar surface area (TPSA) is 66.4 Å². The molecule has 0 bridgehead atoms. The molecule has 0 N–H and O–H groups in total. The molecule has 1 aliphatic rings. The number of rotatable bonds is 7. The normalized spacial score (nSPS) is 17.3. The Kier molecular flexibility index (Phi) is 6.61. The van der Waals surface area contributed by atoms with Crippen LogP contribution in [0.5, 0.6) is 11.5 Å². The second-order valence-corrected chi connectivity index (χ2v) is 7.51. The zero-order valence-corrected chi connectivity index (χ0v) is 18.4. The number of benzene rings is 3. The fourth-order valence-corrected chi connectivity index (χ4v) is 3.71. The maximum absolute atomic E-state index is 13.1. The molecule has 1 aliphatic heterocycles. The Bertz CT molecular complexity index is 1120. The first-order chi connectivity index (χ1) is 15.6.